The van der Waals surface area contributed by atoms with E-state index in [2.05, 4.69) is 5.32 Å². The zero-order chi connectivity index (χ0) is 14.4. The normalized spacial score (nSPS) is 13.6. The molecule has 5 nitrogen and oxygen atoms in total. The summed E-state index contributed by atoms with van der Waals surface area (Å²) in [5, 5.41) is 11.1. The summed E-state index contributed by atoms with van der Waals surface area (Å²) < 4.78 is 24.5. The van der Waals surface area contributed by atoms with Crippen LogP contribution >= 0.6 is 0 Å². The summed E-state index contributed by atoms with van der Waals surface area (Å²) in [6.45, 7) is 1.19. The minimum absolute atomic E-state index is 0.115. The van der Waals surface area contributed by atoms with E-state index in [0.29, 0.717) is 5.56 Å². The molecule has 1 amide bonds. The summed E-state index contributed by atoms with van der Waals surface area (Å²) in [5.41, 5.74) is 0.645. The van der Waals surface area contributed by atoms with Gasteiger partial charge in [-0.05, 0) is 17.7 Å². The lowest BCUT2D eigenvalue weighted by Crippen LogP contribution is -2.43. The van der Waals surface area contributed by atoms with Crippen molar-refractivity contribution in [3.8, 4) is 0 Å². The highest BCUT2D eigenvalue weighted by atomic mass is 32.2. The molecule has 0 aliphatic heterocycles. The summed E-state index contributed by atoms with van der Waals surface area (Å²) in [6.07, 6.45) is 0. The van der Waals surface area contributed by atoms with Gasteiger partial charge in [0.2, 0.25) is 5.91 Å². The van der Waals surface area contributed by atoms with Gasteiger partial charge in [0.05, 0.1) is 5.75 Å². The molecule has 1 rings (SSSR count). The molecule has 0 heterocycles. The third kappa shape index (κ3) is 5.60. The number of halogens is 1. The molecule has 1 aromatic carbocycles. The maximum absolute atomic E-state index is 12.7. The Kier molecular flexibility index (Phi) is 5.62. The molecule has 1 unspecified atom stereocenters. The standard InChI is InChI=1S/C12H14FNO4S/c1-8(15)14-11(12(16)17)7-19(18)6-9-2-4-10(13)5-3-9/h2-5,11H,6-7H2,1H3,(H,14,15)(H,16,17)/t11-,19?/m0/s1. The lowest BCUT2D eigenvalue weighted by atomic mass is 10.2. The van der Waals surface area contributed by atoms with Crippen LogP contribution in [-0.4, -0.2) is 33.0 Å². The molecule has 0 saturated heterocycles. The van der Waals surface area contributed by atoms with Gasteiger partial charge in [-0.3, -0.25) is 9.00 Å². The van der Waals surface area contributed by atoms with Gasteiger partial charge >= 0.3 is 5.97 Å². The number of rotatable bonds is 6. The monoisotopic (exact) mass is 287 g/mol. The third-order valence-corrected chi connectivity index (χ3v) is 3.63. The van der Waals surface area contributed by atoms with Crippen molar-refractivity contribution in [1.29, 1.82) is 0 Å². The predicted molar refractivity (Wildman–Crippen MR) is 68.4 cm³/mol. The van der Waals surface area contributed by atoms with Gasteiger partial charge in [0.25, 0.3) is 0 Å². The molecule has 7 heteroatoms. The number of aliphatic carboxylic acids is 1. The van der Waals surface area contributed by atoms with Gasteiger partial charge < -0.3 is 10.4 Å². The Morgan fingerprint density at radius 2 is 1.95 bits per heavy atom. The SMILES string of the molecule is CC(=O)N[C@@H](CS(=O)Cc1ccc(F)cc1)C(=O)O. The molecule has 0 aliphatic carbocycles. The van der Waals surface area contributed by atoms with Gasteiger partial charge in [-0.1, -0.05) is 12.1 Å². The highest BCUT2D eigenvalue weighted by Gasteiger charge is 2.21. The number of carbonyl (C=O) groups excluding carboxylic acids is 1. The Bertz CT molecular complexity index is 489. The van der Waals surface area contributed by atoms with Crippen LogP contribution in [0.3, 0.4) is 0 Å². The largest absolute Gasteiger partial charge is 0.480 e. The highest BCUT2D eigenvalue weighted by molar-refractivity contribution is 7.84. The van der Waals surface area contributed by atoms with Crippen LogP contribution in [0.2, 0.25) is 0 Å². The van der Waals surface area contributed by atoms with Crippen LogP contribution in [0.5, 0.6) is 0 Å². The molecule has 0 aliphatic rings. The van der Waals surface area contributed by atoms with E-state index in [1.807, 2.05) is 0 Å². The molecule has 2 N–H and O–H groups in total. The number of amides is 1. The first-order valence-electron chi connectivity index (χ1n) is 5.48. The van der Waals surface area contributed by atoms with Crippen LogP contribution in [0.15, 0.2) is 24.3 Å². The zero-order valence-electron chi connectivity index (χ0n) is 10.3. The van der Waals surface area contributed by atoms with Crippen LogP contribution in [0.25, 0.3) is 0 Å². The first-order valence-corrected chi connectivity index (χ1v) is 6.96. The van der Waals surface area contributed by atoms with Crippen molar-refractivity contribution in [2.75, 3.05) is 5.75 Å². The van der Waals surface area contributed by atoms with Crippen molar-refractivity contribution < 1.29 is 23.3 Å². The number of nitrogens with one attached hydrogen (secondary N) is 1. The maximum Gasteiger partial charge on any atom is 0.327 e. The summed E-state index contributed by atoms with van der Waals surface area (Å²) in [4.78, 5) is 21.7. The van der Waals surface area contributed by atoms with E-state index in [1.54, 1.807) is 0 Å². The molecule has 1 aromatic rings. The minimum atomic E-state index is -1.46. The Balaban J connectivity index is 2.59. The second-order valence-electron chi connectivity index (χ2n) is 3.97. The first-order chi connectivity index (χ1) is 8.88. The van der Waals surface area contributed by atoms with Crippen molar-refractivity contribution in [3.63, 3.8) is 0 Å². The topological polar surface area (TPSA) is 83.5 Å². The Morgan fingerprint density at radius 1 is 1.37 bits per heavy atom. The van der Waals surface area contributed by atoms with Crippen molar-refractivity contribution in [2.24, 2.45) is 0 Å². The smallest absolute Gasteiger partial charge is 0.327 e. The zero-order valence-corrected chi connectivity index (χ0v) is 11.1. The molecule has 104 valence electrons. The number of carboxylic acid groups (broad SMARTS) is 1. The summed E-state index contributed by atoms with van der Waals surface area (Å²) in [5.74, 6) is -2.19. The second kappa shape index (κ2) is 6.98. The average molecular weight is 287 g/mol. The van der Waals surface area contributed by atoms with E-state index in [4.69, 9.17) is 5.11 Å². The second-order valence-corrected chi connectivity index (χ2v) is 5.47. The maximum atomic E-state index is 12.7. The number of carboxylic acids is 1. The fourth-order valence-corrected chi connectivity index (χ4v) is 2.71. The number of hydrogen-bond donors (Lipinski definition) is 2. The van der Waals surface area contributed by atoms with Gasteiger partial charge in [-0.25, -0.2) is 9.18 Å². The molecule has 19 heavy (non-hydrogen) atoms. The Labute approximate surface area is 112 Å². The van der Waals surface area contributed by atoms with Crippen molar-refractivity contribution in [1.82, 2.24) is 5.32 Å². The van der Waals surface area contributed by atoms with Crippen LogP contribution < -0.4 is 5.32 Å². The predicted octanol–water partition coefficient (Wildman–Crippen LogP) is 0.664. The average Bonchev–Trinajstić information content (AvgIpc) is 2.30. The van der Waals surface area contributed by atoms with Crippen molar-refractivity contribution in [3.05, 3.63) is 35.6 Å². The summed E-state index contributed by atoms with van der Waals surface area (Å²) in [7, 11) is -1.46. The minimum Gasteiger partial charge on any atom is -0.480 e. The van der Waals surface area contributed by atoms with Gasteiger partial charge in [-0.2, -0.15) is 0 Å². The number of hydrogen-bond acceptors (Lipinski definition) is 3. The number of carbonyl (C=O) groups is 2. The fourth-order valence-electron chi connectivity index (χ4n) is 1.43. The molecule has 2 atom stereocenters. The van der Waals surface area contributed by atoms with Crippen LogP contribution in [0.1, 0.15) is 12.5 Å². The third-order valence-electron chi connectivity index (χ3n) is 2.27. The van der Waals surface area contributed by atoms with E-state index in [9.17, 15) is 18.2 Å². The summed E-state index contributed by atoms with van der Waals surface area (Å²) in [6, 6.07) is 4.28. The van der Waals surface area contributed by atoms with E-state index in [1.165, 1.54) is 31.2 Å². The molecule has 0 radical (unpaired) electrons. The fraction of sp³-hybridized carbons (Fsp3) is 0.333. The van der Waals surface area contributed by atoms with Gasteiger partial charge in [0, 0.05) is 23.5 Å². The lowest BCUT2D eigenvalue weighted by molar-refractivity contribution is -0.140. The molecule has 0 aromatic heterocycles. The molecule has 0 saturated carbocycles. The van der Waals surface area contributed by atoms with E-state index < -0.39 is 34.5 Å². The Hall–Kier alpha value is -1.76. The molecule has 0 bridgehead atoms. The molecular weight excluding hydrogens is 273 g/mol. The van der Waals surface area contributed by atoms with Crippen LogP contribution in [0, 0.1) is 5.82 Å². The number of benzene rings is 1. The van der Waals surface area contributed by atoms with Gasteiger partial charge in [0.1, 0.15) is 11.9 Å². The molecular formula is C12H14FNO4S. The molecule has 0 spiro atoms. The van der Waals surface area contributed by atoms with Crippen LogP contribution in [0.4, 0.5) is 4.39 Å². The first kappa shape index (κ1) is 15.3. The molecule has 0 fully saturated rings. The van der Waals surface area contributed by atoms with Crippen molar-refractivity contribution >= 4 is 22.7 Å². The van der Waals surface area contributed by atoms with Crippen molar-refractivity contribution in [2.45, 2.75) is 18.7 Å². The highest BCUT2D eigenvalue weighted by Crippen LogP contribution is 2.06. The Morgan fingerprint density at radius 3 is 2.42 bits per heavy atom. The van der Waals surface area contributed by atoms with E-state index in [-0.39, 0.29) is 11.5 Å². The quantitative estimate of drug-likeness (QED) is 0.805. The summed E-state index contributed by atoms with van der Waals surface area (Å²) >= 11 is 0. The van der Waals surface area contributed by atoms with Gasteiger partial charge in [0.15, 0.2) is 0 Å². The van der Waals surface area contributed by atoms with E-state index >= 15 is 0 Å². The van der Waals surface area contributed by atoms with Crippen LogP contribution in [-0.2, 0) is 26.1 Å². The van der Waals surface area contributed by atoms with Gasteiger partial charge in [-0.15, -0.1) is 0 Å². The lowest BCUT2D eigenvalue weighted by Gasteiger charge is -2.12. The van der Waals surface area contributed by atoms with E-state index in [0.717, 1.165) is 0 Å².